The molecule has 1 aliphatic rings. The molecule has 0 bridgehead atoms. The Balaban J connectivity index is 1.83. The highest BCUT2D eigenvalue weighted by molar-refractivity contribution is 6.06. The first-order valence-corrected chi connectivity index (χ1v) is 8.67. The van der Waals surface area contributed by atoms with Crippen molar-refractivity contribution in [2.24, 2.45) is 7.05 Å². The fraction of sp³-hybridized carbons (Fsp3) is 0.444. The normalized spacial score (nSPS) is 17.0. The number of carbonyl (C=O) groups excluding carboxylic acids is 1. The number of aromatic nitrogens is 1. The van der Waals surface area contributed by atoms with E-state index in [-0.39, 0.29) is 18.7 Å². The van der Waals surface area contributed by atoms with E-state index >= 15 is 0 Å². The molecule has 0 saturated carbocycles. The average Bonchev–Trinajstić information content (AvgIpc) is 2.64. The number of carbonyl (C=O) groups is 1. The van der Waals surface area contributed by atoms with Crippen molar-refractivity contribution < 1.29 is 18.0 Å². The maximum absolute atomic E-state index is 13.5. The zero-order valence-corrected chi connectivity index (χ0v) is 14.8. The first kappa shape index (κ1) is 19.4. The number of pyridine rings is 1. The Labute approximate surface area is 154 Å². The van der Waals surface area contributed by atoms with Crippen LogP contribution in [0.25, 0.3) is 10.9 Å². The van der Waals surface area contributed by atoms with E-state index in [1.54, 1.807) is 31.3 Å². The third kappa shape index (κ3) is 4.14. The van der Waals surface area contributed by atoms with Gasteiger partial charge in [-0.2, -0.15) is 13.2 Å². The lowest BCUT2D eigenvalue weighted by Gasteiger charge is -2.35. The van der Waals surface area contributed by atoms with Crippen molar-refractivity contribution >= 4 is 16.8 Å². The molecule has 146 valence electrons. The summed E-state index contributed by atoms with van der Waals surface area (Å²) in [5.41, 5.74) is 0.230. The predicted molar refractivity (Wildman–Crippen MR) is 95.8 cm³/mol. The molecule has 2 aromatic rings. The molecule has 1 aromatic heterocycles. The zero-order valence-electron chi connectivity index (χ0n) is 14.8. The minimum atomic E-state index is -4.46. The summed E-state index contributed by atoms with van der Waals surface area (Å²) in [6, 6.07) is 6.19. The molecule has 3 rings (SSSR count). The molecule has 0 spiro atoms. The van der Waals surface area contributed by atoms with Gasteiger partial charge in [-0.3, -0.25) is 14.5 Å². The number of rotatable bonds is 4. The largest absolute Gasteiger partial charge is 0.405 e. The van der Waals surface area contributed by atoms with Crippen LogP contribution < -0.4 is 16.2 Å². The monoisotopic (exact) mass is 382 g/mol. The SMILES string of the molecule is Cn1c(=O)cc(C(=O)NCC(N2CCNCC2)C(F)(F)F)c2ccccc21. The second kappa shape index (κ2) is 7.69. The zero-order chi connectivity index (χ0) is 19.6. The van der Waals surface area contributed by atoms with Crippen LogP contribution in [0.15, 0.2) is 35.1 Å². The molecule has 9 heteroatoms. The number of hydrogen-bond acceptors (Lipinski definition) is 4. The van der Waals surface area contributed by atoms with Crippen LogP contribution in [0.2, 0.25) is 0 Å². The van der Waals surface area contributed by atoms with Crippen LogP contribution in [0.5, 0.6) is 0 Å². The Morgan fingerprint density at radius 1 is 1.26 bits per heavy atom. The number of alkyl halides is 3. The average molecular weight is 382 g/mol. The Morgan fingerprint density at radius 2 is 1.93 bits per heavy atom. The highest BCUT2D eigenvalue weighted by atomic mass is 19.4. The number of nitrogens with zero attached hydrogens (tertiary/aromatic N) is 2. The van der Waals surface area contributed by atoms with Gasteiger partial charge in [-0.05, 0) is 6.07 Å². The molecule has 1 aliphatic heterocycles. The molecule has 0 radical (unpaired) electrons. The maximum Gasteiger partial charge on any atom is 0.405 e. The molecule has 2 N–H and O–H groups in total. The third-order valence-corrected chi connectivity index (χ3v) is 4.82. The number of halogens is 3. The van der Waals surface area contributed by atoms with Crippen LogP contribution in [0.1, 0.15) is 10.4 Å². The summed E-state index contributed by atoms with van der Waals surface area (Å²) in [4.78, 5) is 26.0. The molecular formula is C18H21F3N4O2. The number of aryl methyl sites for hydroxylation is 1. The van der Waals surface area contributed by atoms with Crippen molar-refractivity contribution in [1.29, 1.82) is 0 Å². The van der Waals surface area contributed by atoms with Crippen LogP contribution >= 0.6 is 0 Å². The number of fused-ring (bicyclic) bond motifs is 1. The molecule has 1 saturated heterocycles. The fourth-order valence-electron chi connectivity index (χ4n) is 3.33. The van der Waals surface area contributed by atoms with Gasteiger partial charge in [-0.1, -0.05) is 18.2 Å². The summed E-state index contributed by atoms with van der Waals surface area (Å²) in [7, 11) is 1.58. The van der Waals surface area contributed by atoms with Gasteiger partial charge in [0.2, 0.25) is 0 Å². The van der Waals surface area contributed by atoms with Gasteiger partial charge >= 0.3 is 6.18 Å². The van der Waals surface area contributed by atoms with Gasteiger partial charge in [0.1, 0.15) is 6.04 Å². The third-order valence-electron chi connectivity index (χ3n) is 4.82. The molecule has 1 fully saturated rings. The van der Waals surface area contributed by atoms with Crippen molar-refractivity contribution in [2.75, 3.05) is 32.7 Å². The number of benzene rings is 1. The van der Waals surface area contributed by atoms with E-state index in [0.29, 0.717) is 24.0 Å². The smallest absolute Gasteiger partial charge is 0.350 e. The van der Waals surface area contributed by atoms with Crippen LogP contribution in [-0.2, 0) is 7.05 Å². The van der Waals surface area contributed by atoms with Gasteiger partial charge in [-0.25, -0.2) is 0 Å². The lowest BCUT2D eigenvalue weighted by molar-refractivity contribution is -0.183. The minimum Gasteiger partial charge on any atom is -0.350 e. The van der Waals surface area contributed by atoms with E-state index in [9.17, 15) is 22.8 Å². The standard InChI is InChI=1S/C18H21F3N4O2/c1-24-14-5-3-2-4-12(14)13(10-16(24)26)17(27)23-11-15(18(19,20)21)25-8-6-22-7-9-25/h2-5,10,15,22H,6-9,11H2,1H3,(H,23,27). The van der Waals surface area contributed by atoms with Gasteiger partial charge < -0.3 is 15.2 Å². The molecule has 27 heavy (non-hydrogen) atoms. The van der Waals surface area contributed by atoms with Gasteiger partial charge in [-0.15, -0.1) is 0 Å². The lowest BCUT2D eigenvalue weighted by Crippen LogP contribution is -2.57. The van der Waals surface area contributed by atoms with Crippen LogP contribution in [-0.4, -0.2) is 60.3 Å². The van der Waals surface area contributed by atoms with Gasteiger partial charge in [0.05, 0.1) is 11.1 Å². The van der Waals surface area contributed by atoms with Gasteiger partial charge in [0, 0.05) is 51.2 Å². The first-order valence-electron chi connectivity index (χ1n) is 8.67. The van der Waals surface area contributed by atoms with E-state index in [4.69, 9.17) is 0 Å². The maximum atomic E-state index is 13.5. The lowest BCUT2D eigenvalue weighted by atomic mass is 10.1. The predicted octanol–water partition coefficient (Wildman–Crippen LogP) is 1.10. The summed E-state index contributed by atoms with van der Waals surface area (Å²) in [5, 5.41) is 5.90. The van der Waals surface area contributed by atoms with Crippen LogP contribution in [0.4, 0.5) is 13.2 Å². The van der Waals surface area contributed by atoms with E-state index in [0.717, 1.165) is 6.07 Å². The second-order valence-corrected chi connectivity index (χ2v) is 6.53. The van der Waals surface area contributed by atoms with E-state index in [2.05, 4.69) is 10.6 Å². The number of nitrogens with one attached hydrogen (secondary N) is 2. The second-order valence-electron chi connectivity index (χ2n) is 6.53. The van der Waals surface area contributed by atoms with E-state index < -0.39 is 30.2 Å². The van der Waals surface area contributed by atoms with Crippen molar-refractivity contribution in [3.05, 3.63) is 46.2 Å². The molecule has 1 atom stereocenters. The minimum absolute atomic E-state index is 0.0786. The number of amides is 1. The summed E-state index contributed by atoms with van der Waals surface area (Å²) in [5.74, 6) is -0.687. The molecule has 1 aromatic carbocycles. The molecule has 6 nitrogen and oxygen atoms in total. The van der Waals surface area contributed by atoms with E-state index in [1.807, 2.05) is 0 Å². The molecular weight excluding hydrogens is 361 g/mol. The number of hydrogen-bond donors (Lipinski definition) is 2. The Morgan fingerprint density at radius 3 is 2.59 bits per heavy atom. The quantitative estimate of drug-likeness (QED) is 0.831. The topological polar surface area (TPSA) is 66.4 Å². The Kier molecular flexibility index (Phi) is 5.52. The summed E-state index contributed by atoms with van der Waals surface area (Å²) < 4.78 is 41.8. The summed E-state index contributed by atoms with van der Waals surface area (Å²) >= 11 is 0. The van der Waals surface area contributed by atoms with Crippen molar-refractivity contribution in [3.8, 4) is 0 Å². The van der Waals surface area contributed by atoms with Gasteiger partial charge in [0.25, 0.3) is 11.5 Å². The van der Waals surface area contributed by atoms with Crippen LogP contribution in [0.3, 0.4) is 0 Å². The van der Waals surface area contributed by atoms with E-state index in [1.165, 1.54) is 9.47 Å². The molecule has 0 aliphatic carbocycles. The van der Waals surface area contributed by atoms with Crippen molar-refractivity contribution in [1.82, 2.24) is 20.1 Å². The summed E-state index contributed by atoms with van der Waals surface area (Å²) in [6.07, 6.45) is -4.46. The number of piperazine rings is 1. The molecule has 2 heterocycles. The fourth-order valence-corrected chi connectivity index (χ4v) is 3.33. The van der Waals surface area contributed by atoms with Crippen molar-refractivity contribution in [2.45, 2.75) is 12.2 Å². The van der Waals surface area contributed by atoms with Crippen molar-refractivity contribution in [3.63, 3.8) is 0 Å². The molecule has 1 amide bonds. The number of para-hydroxylation sites is 1. The summed E-state index contributed by atoms with van der Waals surface area (Å²) in [6.45, 7) is 0.898. The first-order chi connectivity index (χ1) is 12.8. The highest BCUT2D eigenvalue weighted by Crippen LogP contribution is 2.25. The van der Waals surface area contributed by atoms with Gasteiger partial charge in [0.15, 0.2) is 0 Å². The highest BCUT2D eigenvalue weighted by Gasteiger charge is 2.43. The Hall–Kier alpha value is -2.39. The molecule has 1 unspecified atom stereocenters. The van der Waals surface area contributed by atoms with Crippen LogP contribution in [0, 0.1) is 0 Å². The Bertz CT molecular complexity index is 888.